The smallest absolute Gasteiger partial charge is 0.250 e. The van der Waals surface area contributed by atoms with Gasteiger partial charge in [-0.1, -0.05) is 24.7 Å². The number of methoxy groups -OCH3 is 2. The van der Waals surface area contributed by atoms with Crippen molar-refractivity contribution in [1.29, 1.82) is 0 Å². The summed E-state index contributed by atoms with van der Waals surface area (Å²) in [6.07, 6.45) is 5.27. The maximum Gasteiger partial charge on any atom is 0.250 e. The average molecular weight is 491 g/mol. The normalized spacial score (nSPS) is 11.1. The number of thiazole rings is 1. The van der Waals surface area contributed by atoms with Crippen LogP contribution >= 0.6 is 27.3 Å². The number of anilines is 1. The zero-order chi connectivity index (χ0) is 21.5. The first-order valence-electron chi connectivity index (χ1n) is 9.48. The molecule has 0 atom stereocenters. The summed E-state index contributed by atoms with van der Waals surface area (Å²) in [6, 6.07) is 9.40. The molecule has 6 nitrogen and oxygen atoms in total. The number of ether oxygens (including phenoxy) is 3. The Kier molecular flexibility index (Phi) is 7.70. The van der Waals surface area contributed by atoms with Crippen LogP contribution in [0.3, 0.4) is 0 Å². The fourth-order valence-corrected chi connectivity index (χ4v) is 4.25. The lowest BCUT2D eigenvalue weighted by molar-refractivity contribution is -0.111. The molecule has 0 aliphatic carbocycles. The standard InChI is InChI=1S/C22H23BrN2O4S/c1-4-5-10-29-15-7-8-17-19(13-15)30-22(24-17)25-20(26)9-6-14-11-16(23)21(28-3)18(12-14)27-2/h6-9,11-13H,4-5,10H2,1-3H3,(H,24,25,26)/b9-6+. The van der Waals surface area contributed by atoms with Crippen molar-refractivity contribution in [2.45, 2.75) is 19.8 Å². The first kappa shape index (κ1) is 22.1. The number of hydrogen-bond acceptors (Lipinski definition) is 6. The minimum atomic E-state index is -0.264. The van der Waals surface area contributed by atoms with Crippen LogP contribution in [0.25, 0.3) is 16.3 Å². The SMILES string of the molecule is CCCCOc1ccc2nc(NC(=O)/C=C/c3cc(Br)c(OC)c(OC)c3)sc2c1. The largest absolute Gasteiger partial charge is 0.494 e. The van der Waals surface area contributed by atoms with E-state index in [1.165, 1.54) is 17.4 Å². The van der Waals surface area contributed by atoms with Crippen molar-refractivity contribution in [3.05, 3.63) is 46.4 Å². The third kappa shape index (κ3) is 5.52. The average Bonchev–Trinajstić information content (AvgIpc) is 3.13. The number of amides is 1. The van der Waals surface area contributed by atoms with E-state index in [-0.39, 0.29) is 5.91 Å². The predicted octanol–water partition coefficient (Wildman–Crippen LogP) is 5.91. The molecule has 0 radical (unpaired) electrons. The second kappa shape index (κ2) is 10.4. The Morgan fingerprint density at radius 1 is 1.23 bits per heavy atom. The molecule has 0 aliphatic rings. The van der Waals surface area contributed by atoms with E-state index in [0.717, 1.165) is 38.8 Å². The number of nitrogens with one attached hydrogen (secondary N) is 1. The molecule has 0 saturated carbocycles. The molecule has 30 heavy (non-hydrogen) atoms. The molecule has 0 unspecified atom stereocenters. The maximum atomic E-state index is 12.3. The Bertz CT molecular complexity index is 1060. The van der Waals surface area contributed by atoms with Gasteiger partial charge >= 0.3 is 0 Å². The highest BCUT2D eigenvalue weighted by Crippen LogP contribution is 2.36. The third-order valence-electron chi connectivity index (χ3n) is 4.24. The summed E-state index contributed by atoms with van der Waals surface area (Å²) >= 11 is 4.86. The Balaban J connectivity index is 1.68. The summed E-state index contributed by atoms with van der Waals surface area (Å²) in [5.41, 5.74) is 1.62. The van der Waals surface area contributed by atoms with Crippen molar-refractivity contribution in [3.63, 3.8) is 0 Å². The van der Waals surface area contributed by atoms with Crippen molar-refractivity contribution in [1.82, 2.24) is 4.98 Å². The molecule has 158 valence electrons. The van der Waals surface area contributed by atoms with Gasteiger partial charge in [0.2, 0.25) is 5.91 Å². The molecule has 1 N–H and O–H groups in total. The van der Waals surface area contributed by atoms with Crippen LogP contribution in [0.2, 0.25) is 0 Å². The van der Waals surface area contributed by atoms with E-state index < -0.39 is 0 Å². The maximum absolute atomic E-state index is 12.3. The van der Waals surface area contributed by atoms with Gasteiger partial charge in [0, 0.05) is 6.08 Å². The summed E-state index contributed by atoms with van der Waals surface area (Å²) in [5.74, 6) is 1.73. The number of fused-ring (bicyclic) bond motifs is 1. The highest BCUT2D eigenvalue weighted by atomic mass is 79.9. The molecule has 1 amide bonds. The molecule has 2 aromatic carbocycles. The van der Waals surface area contributed by atoms with Gasteiger partial charge in [0.25, 0.3) is 0 Å². The van der Waals surface area contributed by atoms with E-state index >= 15 is 0 Å². The number of carbonyl (C=O) groups is 1. The van der Waals surface area contributed by atoms with E-state index in [1.54, 1.807) is 26.4 Å². The van der Waals surface area contributed by atoms with Crippen LogP contribution in [0.4, 0.5) is 5.13 Å². The van der Waals surface area contributed by atoms with Crippen LogP contribution in [0.1, 0.15) is 25.3 Å². The van der Waals surface area contributed by atoms with Crippen molar-refractivity contribution >= 4 is 54.6 Å². The van der Waals surface area contributed by atoms with Crippen molar-refractivity contribution < 1.29 is 19.0 Å². The highest BCUT2D eigenvalue weighted by molar-refractivity contribution is 9.10. The molecular formula is C22H23BrN2O4S. The van der Waals surface area contributed by atoms with Gasteiger partial charge in [-0.25, -0.2) is 4.98 Å². The molecule has 0 saturated heterocycles. The van der Waals surface area contributed by atoms with E-state index in [1.807, 2.05) is 24.3 Å². The number of aromatic nitrogens is 1. The van der Waals surface area contributed by atoms with Gasteiger partial charge in [-0.2, -0.15) is 0 Å². The molecule has 8 heteroatoms. The Morgan fingerprint density at radius 2 is 2.07 bits per heavy atom. The fourth-order valence-electron chi connectivity index (χ4n) is 2.74. The van der Waals surface area contributed by atoms with Crippen LogP contribution in [0, 0.1) is 0 Å². The van der Waals surface area contributed by atoms with Crippen LogP contribution < -0.4 is 19.5 Å². The van der Waals surface area contributed by atoms with E-state index in [4.69, 9.17) is 14.2 Å². The van der Waals surface area contributed by atoms with Gasteiger partial charge in [0.15, 0.2) is 16.6 Å². The van der Waals surface area contributed by atoms with E-state index in [9.17, 15) is 4.79 Å². The Hall–Kier alpha value is -2.58. The second-order valence-electron chi connectivity index (χ2n) is 6.41. The molecular weight excluding hydrogens is 468 g/mol. The van der Waals surface area contributed by atoms with Gasteiger partial charge in [0.05, 0.1) is 35.5 Å². The first-order valence-corrected chi connectivity index (χ1v) is 11.1. The third-order valence-corrected chi connectivity index (χ3v) is 5.76. The monoisotopic (exact) mass is 490 g/mol. The summed E-state index contributed by atoms with van der Waals surface area (Å²) in [5, 5.41) is 3.35. The molecule has 0 fully saturated rings. The van der Waals surface area contributed by atoms with E-state index in [0.29, 0.717) is 23.2 Å². The van der Waals surface area contributed by atoms with Crippen LogP contribution in [0.15, 0.2) is 40.9 Å². The molecule has 1 aromatic heterocycles. The van der Waals surface area contributed by atoms with Gasteiger partial charge < -0.3 is 14.2 Å². The number of nitrogens with zero attached hydrogens (tertiary/aromatic N) is 1. The van der Waals surface area contributed by atoms with Crippen molar-refractivity contribution in [3.8, 4) is 17.2 Å². The minimum Gasteiger partial charge on any atom is -0.494 e. The van der Waals surface area contributed by atoms with Gasteiger partial charge in [-0.05, 0) is 64.3 Å². The lowest BCUT2D eigenvalue weighted by Gasteiger charge is -2.10. The predicted molar refractivity (Wildman–Crippen MR) is 125 cm³/mol. The molecule has 1 heterocycles. The molecule has 3 aromatic rings. The zero-order valence-corrected chi connectivity index (χ0v) is 19.4. The number of rotatable bonds is 9. The number of unbranched alkanes of at least 4 members (excludes halogenated alkanes) is 1. The fraction of sp³-hybridized carbons (Fsp3) is 0.273. The quantitative estimate of drug-likeness (QED) is 0.298. The van der Waals surface area contributed by atoms with Crippen LogP contribution in [0.5, 0.6) is 17.2 Å². The lowest BCUT2D eigenvalue weighted by Crippen LogP contribution is -2.07. The van der Waals surface area contributed by atoms with Crippen molar-refractivity contribution in [2.24, 2.45) is 0 Å². The highest BCUT2D eigenvalue weighted by Gasteiger charge is 2.10. The summed E-state index contributed by atoms with van der Waals surface area (Å²) in [7, 11) is 3.14. The minimum absolute atomic E-state index is 0.264. The van der Waals surface area contributed by atoms with Gasteiger partial charge in [0.1, 0.15) is 5.75 Å². The van der Waals surface area contributed by atoms with Crippen molar-refractivity contribution in [2.75, 3.05) is 26.1 Å². The second-order valence-corrected chi connectivity index (χ2v) is 8.30. The van der Waals surface area contributed by atoms with E-state index in [2.05, 4.69) is 33.2 Å². The molecule has 0 spiro atoms. The number of hydrogen-bond donors (Lipinski definition) is 1. The van der Waals surface area contributed by atoms with Gasteiger partial charge in [-0.3, -0.25) is 10.1 Å². The summed E-state index contributed by atoms with van der Waals surface area (Å²) in [6.45, 7) is 2.82. The topological polar surface area (TPSA) is 69.7 Å². The Morgan fingerprint density at radius 3 is 2.80 bits per heavy atom. The van der Waals surface area contributed by atoms with Gasteiger partial charge in [-0.15, -0.1) is 0 Å². The summed E-state index contributed by atoms with van der Waals surface area (Å²) < 4.78 is 18.1. The number of halogens is 1. The lowest BCUT2D eigenvalue weighted by atomic mass is 10.2. The molecule has 3 rings (SSSR count). The summed E-state index contributed by atoms with van der Waals surface area (Å²) in [4.78, 5) is 16.8. The zero-order valence-electron chi connectivity index (χ0n) is 17.0. The Labute approximate surface area is 188 Å². The molecule has 0 bridgehead atoms. The molecule has 0 aliphatic heterocycles. The first-order chi connectivity index (χ1) is 14.5. The van der Waals surface area contributed by atoms with Crippen LogP contribution in [-0.2, 0) is 4.79 Å². The number of benzene rings is 2. The number of carbonyl (C=O) groups excluding carboxylic acids is 1. The van der Waals surface area contributed by atoms with Crippen LogP contribution in [-0.4, -0.2) is 31.7 Å².